The molecule has 0 unspecified atom stereocenters. The molecule has 11 heteroatoms. The smallest absolute Gasteiger partial charge is 0.243 e. The van der Waals surface area contributed by atoms with Gasteiger partial charge in [-0.3, -0.25) is 10.4 Å². The summed E-state index contributed by atoms with van der Waals surface area (Å²) in [6.45, 7) is 5.47. The first-order valence-electron chi connectivity index (χ1n) is 10.7. The normalized spacial score (nSPS) is 14.9. The van der Waals surface area contributed by atoms with Crippen LogP contribution in [0.2, 0.25) is 0 Å². The lowest BCUT2D eigenvalue weighted by Gasteiger charge is -2.26. The third-order valence-corrected chi connectivity index (χ3v) is 7.53. The van der Waals surface area contributed by atoms with Gasteiger partial charge in [-0.2, -0.15) is 9.41 Å². The second kappa shape index (κ2) is 10.4. The summed E-state index contributed by atoms with van der Waals surface area (Å²) in [7, 11) is -3.58. The molecule has 3 heterocycles. The predicted molar refractivity (Wildman–Crippen MR) is 136 cm³/mol. The second-order valence-electron chi connectivity index (χ2n) is 7.74. The number of aromatic nitrogens is 2. The molecule has 0 aliphatic carbocycles. The number of anilines is 1. The molecule has 1 aliphatic heterocycles. The maximum Gasteiger partial charge on any atom is 0.243 e. The third kappa shape index (κ3) is 5.33. The number of pyridine rings is 1. The van der Waals surface area contributed by atoms with Crippen LogP contribution in [0.1, 0.15) is 17.0 Å². The van der Waals surface area contributed by atoms with Crippen molar-refractivity contribution in [3.63, 3.8) is 0 Å². The number of ether oxygens (including phenoxy) is 1. The zero-order chi connectivity index (χ0) is 24.1. The first-order valence-corrected chi connectivity index (χ1v) is 12.6. The quantitative estimate of drug-likeness (QED) is 0.306. The molecule has 0 saturated carbocycles. The monoisotopic (exact) mass is 498 g/mol. The van der Waals surface area contributed by atoms with E-state index in [1.54, 1.807) is 36.8 Å². The SMILES string of the molecule is Cc1cc(/C=N/NC(=S)Nc2cccnc2)c(C)n1-c1cccc(S(=O)(=O)N2CCOCC2)c1. The molecule has 1 saturated heterocycles. The van der Waals surface area contributed by atoms with Gasteiger partial charge >= 0.3 is 0 Å². The van der Waals surface area contributed by atoms with Gasteiger partial charge in [0, 0.05) is 41.9 Å². The van der Waals surface area contributed by atoms with Crippen LogP contribution >= 0.6 is 12.2 Å². The van der Waals surface area contributed by atoms with Crippen LogP contribution in [-0.2, 0) is 14.8 Å². The number of rotatable bonds is 6. The lowest BCUT2D eigenvalue weighted by Crippen LogP contribution is -2.40. The summed E-state index contributed by atoms with van der Waals surface area (Å²) in [5.41, 5.74) is 7.10. The fourth-order valence-electron chi connectivity index (χ4n) is 3.79. The van der Waals surface area contributed by atoms with Gasteiger partial charge in [0.15, 0.2) is 5.11 Å². The minimum absolute atomic E-state index is 0.267. The Bertz CT molecular complexity index is 1300. The van der Waals surface area contributed by atoms with E-state index >= 15 is 0 Å². The Labute approximate surface area is 204 Å². The van der Waals surface area contributed by atoms with E-state index in [1.165, 1.54) is 4.31 Å². The molecule has 1 aromatic carbocycles. The van der Waals surface area contributed by atoms with Gasteiger partial charge in [-0.25, -0.2) is 8.42 Å². The zero-order valence-electron chi connectivity index (χ0n) is 18.9. The van der Waals surface area contributed by atoms with Gasteiger partial charge in [0.1, 0.15) is 0 Å². The van der Waals surface area contributed by atoms with Crippen molar-refractivity contribution < 1.29 is 13.2 Å². The fraction of sp³-hybridized carbons (Fsp3) is 0.261. The topological polar surface area (TPSA) is 101 Å². The molecule has 0 spiro atoms. The number of aryl methyl sites for hydroxylation is 1. The van der Waals surface area contributed by atoms with E-state index in [2.05, 4.69) is 20.8 Å². The van der Waals surface area contributed by atoms with Crippen LogP contribution < -0.4 is 10.7 Å². The van der Waals surface area contributed by atoms with E-state index in [0.29, 0.717) is 31.4 Å². The zero-order valence-corrected chi connectivity index (χ0v) is 20.6. The summed E-state index contributed by atoms with van der Waals surface area (Å²) in [5, 5.41) is 7.59. The molecular weight excluding hydrogens is 472 g/mol. The van der Waals surface area contributed by atoms with Crippen LogP contribution in [0.15, 0.2) is 64.9 Å². The highest BCUT2D eigenvalue weighted by atomic mass is 32.2. The summed E-state index contributed by atoms with van der Waals surface area (Å²) >= 11 is 5.26. The van der Waals surface area contributed by atoms with Gasteiger partial charge < -0.3 is 14.6 Å². The summed E-state index contributed by atoms with van der Waals surface area (Å²) in [5.74, 6) is 0. The van der Waals surface area contributed by atoms with Gasteiger partial charge in [-0.05, 0) is 62.5 Å². The van der Waals surface area contributed by atoms with Gasteiger partial charge in [0.2, 0.25) is 10.0 Å². The molecule has 0 atom stereocenters. The number of hydrazone groups is 1. The highest BCUT2D eigenvalue weighted by molar-refractivity contribution is 7.89. The Balaban J connectivity index is 1.52. The van der Waals surface area contributed by atoms with Gasteiger partial charge in [-0.1, -0.05) is 6.07 Å². The molecule has 2 N–H and O–H groups in total. The highest BCUT2D eigenvalue weighted by Gasteiger charge is 2.26. The fourth-order valence-corrected chi connectivity index (χ4v) is 5.41. The van der Waals surface area contributed by atoms with Gasteiger partial charge in [0.25, 0.3) is 0 Å². The lowest BCUT2D eigenvalue weighted by molar-refractivity contribution is 0.0730. The van der Waals surface area contributed by atoms with E-state index in [1.807, 2.05) is 42.7 Å². The number of nitrogens with zero attached hydrogens (tertiary/aromatic N) is 4. The van der Waals surface area contributed by atoms with Crippen LogP contribution in [-0.4, -0.2) is 59.9 Å². The van der Waals surface area contributed by atoms with Crippen molar-refractivity contribution in [3.8, 4) is 5.69 Å². The van der Waals surface area contributed by atoms with Crippen molar-refractivity contribution in [1.29, 1.82) is 0 Å². The number of morpholine rings is 1. The average Bonchev–Trinajstić information content (AvgIpc) is 3.13. The second-order valence-corrected chi connectivity index (χ2v) is 10.1. The molecule has 178 valence electrons. The number of sulfonamides is 1. The Morgan fingerprint density at radius 2 is 1.97 bits per heavy atom. The van der Waals surface area contributed by atoms with Crippen molar-refractivity contribution in [2.75, 3.05) is 31.6 Å². The van der Waals surface area contributed by atoms with Crippen molar-refractivity contribution in [1.82, 2.24) is 19.3 Å². The molecular formula is C23H26N6O3S2. The van der Waals surface area contributed by atoms with Crippen LogP contribution in [0.5, 0.6) is 0 Å². The number of hydrogen-bond acceptors (Lipinski definition) is 6. The standard InChI is InChI=1S/C23H26N6O3S2/c1-17-13-19(15-25-27-23(33)26-20-5-4-8-24-16-20)18(2)29(17)21-6-3-7-22(14-21)34(30,31)28-9-11-32-12-10-28/h3-8,13-16H,9-12H2,1-2H3,(H2,26,27,33)/b25-15+. The van der Waals surface area contributed by atoms with Crippen molar-refractivity contribution >= 4 is 39.3 Å². The molecule has 34 heavy (non-hydrogen) atoms. The lowest BCUT2D eigenvalue weighted by atomic mass is 10.2. The molecule has 9 nitrogen and oxygen atoms in total. The molecule has 2 aromatic heterocycles. The maximum atomic E-state index is 13.1. The molecule has 0 bridgehead atoms. The van der Waals surface area contributed by atoms with Crippen molar-refractivity contribution in [3.05, 3.63) is 71.8 Å². The number of nitrogens with one attached hydrogen (secondary N) is 2. The van der Waals surface area contributed by atoms with Crippen molar-refractivity contribution in [2.45, 2.75) is 18.7 Å². The number of thiocarbonyl (C=S) groups is 1. The Morgan fingerprint density at radius 1 is 1.18 bits per heavy atom. The van der Waals surface area contributed by atoms with Gasteiger partial charge in [0.05, 0.1) is 36.2 Å². The summed E-state index contributed by atoms with van der Waals surface area (Å²) in [6, 6.07) is 12.6. The van der Waals surface area contributed by atoms with E-state index < -0.39 is 10.0 Å². The molecule has 3 aromatic rings. The molecule has 1 fully saturated rings. The molecule has 0 amide bonds. The minimum Gasteiger partial charge on any atom is -0.379 e. The first kappa shape index (κ1) is 24.0. The summed E-state index contributed by atoms with van der Waals surface area (Å²) < 4.78 is 35.0. The molecule has 0 radical (unpaired) electrons. The third-order valence-electron chi connectivity index (χ3n) is 5.44. The van der Waals surface area contributed by atoms with Crippen LogP contribution in [0.3, 0.4) is 0 Å². The van der Waals surface area contributed by atoms with Crippen molar-refractivity contribution in [2.24, 2.45) is 5.10 Å². The molecule has 4 rings (SSSR count). The highest BCUT2D eigenvalue weighted by Crippen LogP contribution is 2.24. The maximum absolute atomic E-state index is 13.1. The van der Waals surface area contributed by atoms with E-state index in [9.17, 15) is 8.42 Å². The van der Waals surface area contributed by atoms with E-state index in [4.69, 9.17) is 17.0 Å². The summed E-state index contributed by atoms with van der Waals surface area (Å²) in [4.78, 5) is 4.30. The average molecular weight is 499 g/mol. The number of benzene rings is 1. The van der Waals surface area contributed by atoms with E-state index in [0.717, 1.165) is 28.3 Å². The predicted octanol–water partition coefficient (Wildman–Crippen LogP) is 2.83. The first-order chi connectivity index (χ1) is 16.4. The Kier molecular flexibility index (Phi) is 7.37. The summed E-state index contributed by atoms with van der Waals surface area (Å²) in [6.07, 6.45) is 5.03. The largest absolute Gasteiger partial charge is 0.379 e. The van der Waals surface area contributed by atoms with Crippen LogP contribution in [0.25, 0.3) is 5.69 Å². The number of hydrogen-bond donors (Lipinski definition) is 2. The minimum atomic E-state index is -3.58. The van der Waals surface area contributed by atoms with Crippen LogP contribution in [0.4, 0.5) is 5.69 Å². The molecule has 1 aliphatic rings. The Morgan fingerprint density at radius 3 is 2.71 bits per heavy atom. The Hall–Kier alpha value is -3.12. The van der Waals surface area contributed by atoms with E-state index in [-0.39, 0.29) is 4.90 Å². The van der Waals surface area contributed by atoms with Crippen LogP contribution in [0, 0.1) is 13.8 Å². The van der Waals surface area contributed by atoms with Gasteiger partial charge in [-0.15, -0.1) is 0 Å².